The number of nitrogens with zero attached hydrogens (tertiary/aromatic N) is 1. The van der Waals surface area contributed by atoms with Gasteiger partial charge in [-0.25, -0.2) is 4.98 Å². The zero-order valence-corrected chi connectivity index (χ0v) is 15.6. The number of hydrogen-bond donors (Lipinski definition) is 2. The van der Waals surface area contributed by atoms with Gasteiger partial charge in [0.1, 0.15) is 5.82 Å². The lowest BCUT2D eigenvalue weighted by Crippen LogP contribution is -2.18. The molecule has 1 aromatic heterocycles. The van der Waals surface area contributed by atoms with Crippen molar-refractivity contribution in [1.82, 2.24) is 4.98 Å². The molecule has 0 bridgehead atoms. The van der Waals surface area contributed by atoms with Crippen LogP contribution in [-0.2, 0) is 5.88 Å². The molecule has 136 valence electrons. The number of carbonyl (C=O) groups is 2. The Balaban J connectivity index is 1.77. The first-order valence-electron chi connectivity index (χ1n) is 8.05. The van der Waals surface area contributed by atoms with Crippen molar-refractivity contribution in [2.45, 2.75) is 5.88 Å². The fourth-order valence-electron chi connectivity index (χ4n) is 2.36. The average Bonchev–Trinajstić information content (AvgIpc) is 2.70. The molecule has 0 saturated heterocycles. The summed E-state index contributed by atoms with van der Waals surface area (Å²) in [7, 11) is 0. The Kier molecular flexibility index (Phi) is 6.06. The Hall–Kier alpha value is -2.89. The first kappa shape index (κ1) is 18.9. The van der Waals surface area contributed by atoms with E-state index in [4.69, 9.17) is 23.2 Å². The summed E-state index contributed by atoms with van der Waals surface area (Å²) in [6.45, 7) is 0. The van der Waals surface area contributed by atoms with Gasteiger partial charge in [-0.15, -0.1) is 11.6 Å². The predicted octanol–water partition coefficient (Wildman–Crippen LogP) is 4.98. The van der Waals surface area contributed by atoms with Crippen molar-refractivity contribution in [2.24, 2.45) is 0 Å². The maximum atomic E-state index is 12.6. The van der Waals surface area contributed by atoms with Crippen molar-refractivity contribution in [3.05, 3.63) is 88.6 Å². The Bertz CT molecular complexity index is 958. The van der Waals surface area contributed by atoms with Crippen molar-refractivity contribution in [2.75, 3.05) is 10.6 Å². The molecule has 0 spiro atoms. The van der Waals surface area contributed by atoms with Gasteiger partial charge in [-0.1, -0.05) is 35.9 Å². The van der Waals surface area contributed by atoms with Crippen LogP contribution in [0.1, 0.15) is 26.3 Å². The lowest BCUT2D eigenvalue weighted by Gasteiger charge is -2.11. The van der Waals surface area contributed by atoms with E-state index in [9.17, 15) is 9.59 Å². The van der Waals surface area contributed by atoms with Crippen LogP contribution in [0.25, 0.3) is 0 Å². The minimum atomic E-state index is -0.391. The Labute approximate surface area is 166 Å². The second kappa shape index (κ2) is 8.66. The highest BCUT2D eigenvalue weighted by atomic mass is 35.5. The molecule has 2 aromatic carbocycles. The maximum absolute atomic E-state index is 12.6. The minimum Gasteiger partial charge on any atom is -0.321 e. The number of amides is 2. The number of carbonyl (C=O) groups excluding carboxylic acids is 2. The van der Waals surface area contributed by atoms with E-state index in [1.54, 1.807) is 60.7 Å². The summed E-state index contributed by atoms with van der Waals surface area (Å²) >= 11 is 11.6. The summed E-state index contributed by atoms with van der Waals surface area (Å²) in [6, 6.07) is 16.9. The predicted molar refractivity (Wildman–Crippen MR) is 108 cm³/mol. The lowest BCUT2D eigenvalue weighted by molar-refractivity contribution is 0.102. The van der Waals surface area contributed by atoms with Crippen LogP contribution < -0.4 is 10.6 Å². The number of nitrogens with one attached hydrogen (secondary N) is 2. The number of hydrogen-bond acceptors (Lipinski definition) is 3. The highest BCUT2D eigenvalue weighted by Crippen LogP contribution is 2.19. The highest BCUT2D eigenvalue weighted by Gasteiger charge is 2.14. The molecule has 27 heavy (non-hydrogen) atoms. The topological polar surface area (TPSA) is 71.1 Å². The van der Waals surface area contributed by atoms with Gasteiger partial charge in [0, 0.05) is 17.6 Å². The van der Waals surface area contributed by atoms with E-state index in [-0.39, 0.29) is 5.91 Å². The zero-order valence-electron chi connectivity index (χ0n) is 14.1. The quantitative estimate of drug-likeness (QED) is 0.594. The molecule has 0 radical (unpaired) electrons. The van der Waals surface area contributed by atoms with Gasteiger partial charge in [0.15, 0.2) is 0 Å². The van der Waals surface area contributed by atoms with Crippen LogP contribution in [-0.4, -0.2) is 16.8 Å². The number of anilines is 2. The first-order chi connectivity index (χ1) is 13.1. The molecule has 1 heterocycles. The van der Waals surface area contributed by atoms with Crippen LogP contribution in [0.2, 0.25) is 5.02 Å². The zero-order chi connectivity index (χ0) is 19.2. The number of pyridine rings is 1. The Morgan fingerprint density at radius 1 is 0.889 bits per heavy atom. The number of aromatic nitrogens is 1. The summed E-state index contributed by atoms with van der Waals surface area (Å²) in [4.78, 5) is 29.1. The molecule has 3 aromatic rings. The number of rotatable bonds is 5. The molecular weight excluding hydrogens is 385 g/mol. The Morgan fingerprint density at radius 3 is 2.30 bits per heavy atom. The monoisotopic (exact) mass is 399 g/mol. The molecule has 0 saturated carbocycles. The molecule has 3 rings (SSSR count). The van der Waals surface area contributed by atoms with Gasteiger partial charge in [0.2, 0.25) is 0 Å². The lowest BCUT2D eigenvalue weighted by atomic mass is 10.1. The fourth-order valence-corrected chi connectivity index (χ4v) is 2.65. The standard InChI is InChI=1S/C20H15Cl2N3O2/c21-11-13-5-7-14(8-6-13)19(26)24-17-4-2-1-3-16(17)20(27)25-18-10-9-15(22)12-23-18/h1-10,12H,11H2,(H,24,26)(H,23,25,27). The van der Waals surface area contributed by atoms with Crippen molar-refractivity contribution < 1.29 is 9.59 Å². The van der Waals surface area contributed by atoms with Gasteiger partial charge in [0.25, 0.3) is 11.8 Å². The molecule has 0 unspecified atom stereocenters. The molecule has 0 aliphatic heterocycles. The van der Waals surface area contributed by atoms with Gasteiger partial charge in [-0.3, -0.25) is 9.59 Å². The van der Waals surface area contributed by atoms with Gasteiger partial charge in [-0.05, 0) is 42.0 Å². The van der Waals surface area contributed by atoms with E-state index in [2.05, 4.69) is 15.6 Å². The van der Waals surface area contributed by atoms with Crippen LogP contribution in [0.3, 0.4) is 0 Å². The minimum absolute atomic E-state index is 0.319. The van der Waals surface area contributed by atoms with Gasteiger partial charge >= 0.3 is 0 Å². The maximum Gasteiger partial charge on any atom is 0.258 e. The number of benzene rings is 2. The average molecular weight is 400 g/mol. The summed E-state index contributed by atoms with van der Waals surface area (Å²) < 4.78 is 0. The largest absolute Gasteiger partial charge is 0.321 e. The second-order valence-electron chi connectivity index (χ2n) is 5.65. The van der Waals surface area contributed by atoms with E-state index < -0.39 is 5.91 Å². The molecule has 0 aliphatic rings. The number of alkyl halides is 1. The fraction of sp³-hybridized carbons (Fsp3) is 0.0500. The van der Waals surface area contributed by atoms with Crippen LogP contribution in [0.5, 0.6) is 0 Å². The van der Waals surface area contributed by atoms with Crippen molar-refractivity contribution in [3.8, 4) is 0 Å². The second-order valence-corrected chi connectivity index (χ2v) is 6.35. The molecule has 0 atom stereocenters. The molecule has 0 aliphatic carbocycles. The van der Waals surface area contributed by atoms with Crippen LogP contribution >= 0.6 is 23.2 Å². The normalized spacial score (nSPS) is 10.3. The van der Waals surface area contributed by atoms with Crippen molar-refractivity contribution in [3.63, 3.8) is 0 Å². The van der Waals surface area contributed by atoms with E-state index >= 15 is 0 Å². The summed E-state index contributed by atoms with van der Waals surface area (Å²) in [5.74, 6) is 0.0327. The third kappa shape index (κ3) is 4.84. The Morgan fingerprint density at radius 2 is 1.63 bits per heavy atom. The number of para-hydroxylation sites is 1. The van der Waals surface area contributed by atoms with Crippen LogP contribution in [0.4, 0.5) is 11.5 Å². The van der Waals surface area contributed by atoms with Gasteiger partial charge in [0.05, 0.1) is 16.3 Å². The molecule has 2 N–H and O–H groups in total. The van der Waals surface area contributed by atoms with Gasteiger partial charge < -0.3 is 10.6 Å². The number of halogens is 2. The highest BCUT2D eigenvalue weighted by molar-refractivity contribution is 6.30. The summed E-state index contributed by atoms with van der Waals surface area (Å²) in [5.41, 5.74) is 2.11. The summed E-state index contributed by atoms with van der Waals surface area (Å²) in [6.07, 6.45) is 1.44. The SMILES string of the molecule is O=C(Nc1ccccc1C(=O)Nc1ccc(Cl)cn1)c1ccc(CCl)cc1. The van der Waals surface area contributed by atoms with E-state index in [0.717, 1.165) is 5.56 Å². The third-order valence-corrected chi connectivity index (χ3v) is 4.29. The molecule has 0 fully saturated rings. The first-order valence-corrected chi connectivity index (χ1v) is 8.96. The van der Waals surface area contributed by atoms with Crippen LogP contribution in [0, 0.1) is 0 Å². The smallest absolute Gasteiger partial charge is 0.258 e. The van der Waals surface area contributed by atoms with Crippen molar-refractivity contribution in [1.29, 1.82) is 0 Å². The molecule has 2 amide bonds. The van der Waals surface area contributed by atoms with Gasteiger partial charge in [-0.2, -0.15) is 0 Å². The molecule has 7 heteroatoms. The van der Waals surface area contributed by atoms with Crippen LogP contribution in [0.15, 0.2) is 66.9 Å². The molecule has 5 nitrogen and oxygen atoms in total. The van der Waals surface area contributed by atoms with E-state index in [1.807, 2.05) is 0 Å². The van der Waals surface area contributed by atoms with E-state index in [1.165, 1.54) is 6.20 Å². The summed E-state index contributed by atoms with van der Waals surface area (Å²) in [5, 5.41) is 5.92. The van der Waals surface area contributed by atoms with E-state index in [0.29, 0.717) is 33.5 Å². The van der Waals surface area contributed by atoms with Crippen molar-refractivity contribution >= 4 is 46.5 Å². The molecular formula is C20H15Cl2N3O2. The third-order valence-electron chi connectivity index (χ3n) is 3.76.